The Hall–Kier alpha value is -2.01. The average molecular weight is 334 g/mol. The number of carbonyl (C=O) groups excluding carboxylic acids is 1. The molecule has 6 heteroatoms. The molecule has 2 heterocycles. The summed E-state index contributed by atoms with van der Waals surface area (Å²) in [7, 11) is 1.74. The van der Waals surface area contributed by atoms with Gasteiger partial charge in [-0.2, -0.15) is 5.10 Å². The van der Waals surface area contributed by atoms with Crippen molar-refractivity contribution in [1.82, 2.24) is 14.7 Å². The smallest absolute Gasteiger partial charge is 0.258 e. The molecule has 0 bridgehead atoms. The number of amides is 1. The molecule has 1 aliphatic heterocycles. The van der Waals surface area contributed by atoms with E-state index in [1.54, 1.807) is 19.2 Å². The molecule has 0 atom stereocenters. The molecule has 23 heavy (non-hydrogen) atoms. The molecule has 0 saturated carbocycles. The van der Waals surface area contributed by atoms with Crippen molar-refractivity contribution >= 4 is 17.5 Å². The van der Waals surface area contributed by atoms with Gasteiger partial charge in [-0.15, -0.1) is 0 Å². The zero-order valence-electron chi connectivity index (χ0n) is 13.3. The fourth-order valence-corrected chi connectivity index (χ4v) is 3.45. The first-order valence-corrected chi connectivity index (χ1v) is 8.12. The van der Waals surface area contributed by atoms with Gasteiger partial charge in [0.1, 0.15) is 10.9 Å². The maximum Gasteiger partial charge on any atom is 0.258 e. The number of phenols is 1. The number of aryl methyl sites for hydroxylation is 2. The Morgan fingerprint density at radius 2 is 1.87 bits per heavy atom. The number of carbonyl (C=O) groups is 1. The number of likely N-dealkylation sites (tertiary alicyclic amines) is 1. The summed E-state index contributed by atoms with van der Waals surface area (Å²) < 4.78 is 1.54. The predicted octanol–water partition coefficient (Wildman–Crippen LogP) is 3.11. The quantitative estimate of drug-likeness (QED) is 0.918. The highest BCUT2D eigenvalue weighted by Gasteiger charge is 2.28. The zero-order chi connectivity index (χ0) is 16.6. The molecule has 1 aromatic carbocycles. The van der Waals surface area contributed by atoms with Gasteiger partial charge in [0.15, 0.2) is 0 Å². The lowest BCUT2D eigenvalue weighted by molar-refractivity contribution is 0.0712. The van der Waals surface area contributed by atoms with Gasteiger partial charge in [-0.25, -0.2) is 0 Å². The van der Waals surface area contributed by atoms with Crippen LogP contribution in [0.4, 0.5) is 0 Å². The van der Waals surface area contributed by atoms with E-state index in [9.17, 15) is 9.90 Å². The van der Waals surface area contributed by atoms with Crippen molar-refractivity contribution in [3.8, 4) is 5.75 Å². The van der Waals surface area contributed by atoms with Crippen LogP contribution >= 0.6 is 11.6 Å². The van der Waals surface area contributed by atoms with Crippen LogP contribution in [-0.4, -0.2) is 38.8 Å². The molecule has 0 spiro atoms. The highest BCUT2D eigenvalue weighted by atomic mass is 35.5. The molecule has 1 saturated heterocycles. The molecule has 1 aromatic heterocycles. The number of hydrogen-bond donors (Lipinski definition) is 1. The molecule has 5 nitrogen and oxygen atoms in total. The summed E-state index contributed by atoms with van der Waals surface area (Å²) in [6, 6.07) is 7.34. The molecule has 0 unspecified atom stereocenters. The van der Waals surface area contributed by atoms with Crippen LogP contribution in [0.3, 0.4) is 0 Å². The van der Waals surface area contributed by atoms with Gasteiger partial charge in [0.2, 0.25) is 0 Å². The molecule has 3 rings (SSSR count). The number of halogens is 1. The Kier molecular flexibility index (Phi) is 4.31. The summed E-state index contributed by atoms with van der Waals surface area (Å²) in [5.74, 6) is 0.665. The van der Waals surface area contributed by atoms with Crippen LogP contribution < -0.4 is 0 Å². The van der Waals surface area contributed by atoms with Crippen LogP contribution in [0.1, 0.15) is 40.4 Å². The molecular weight excluding hydrogens is 314 g/mol. The number of aromatic nitrogens is 2. The van der Waals surface area contributed by atoms with Crippen molar-refractivity contribution in [2.24, 2.45) is 7.05 Å². The second-order valence-electron chi connectivity index (χ2n) is 6.03. The van der Waals surface area contributed by atoms with E-state index in [4.69, 9.17) is 11.6 Å². The second-order valence-corrected chi connectivity index (χ2v) is 6.39. The molecule has 2 aromatic rings. The number of rotatable bonds is 2. The van der Waals surface area contributed by atoms with Crippen LogP contribution in [0.25, 0.3) is 0 Å². The molecule has 122 valence electrons. The Morgan fingerprint density at radius 3 is 2.39 bits per heavy atom. The van der Waals surface area contributed by atoms with Gasteiger partial charge < -0.3 is 10.0 Å². The third-order valence-corrected chi connectivity index (χ3v) is 4.95. The van der Waals surface area contributed by atoms with Crippen LogP contribution in [0.5, 0.6) is 5.75 Å². The molecule has 1 fully saturated rings. The molecule has 0 aliphatic carbocycles. The normalized spacial score (nSPS) is 15.9. The standard InChI is InChI=1S/C17H20ClN3O2/c1-11-15(16(18)20(2)19-11)17(23)21-9-7-13(8-10-21)12-3-5-14(22)6-4-12/h3-6,13,22H,7-10H2,1-2H3. The zero-order valence-corrected chi connectivity index (χ0v) is 14.0. The van der Waals surface area contributed by atoms with Crippen molar-refractivity contribution in [3.63, 3.8) is 0 Å². The van der Waals surface area contributed by atoms with E-state index in [2.05, 4.69) is 5.10 Å². The Labute approximate surface area is 140 Å². The fourth-order valence-electron chi connectivity index (χ4n) is 3.19. The third-order valence-electron chi connectivity index (χ3n) is 4.51. The maximum absolute atomic E-state index is 12.7. The topological polar surface area (TPSA) is 58.4 Å². The van der Waals surface area contributed by atoms with Gasteiger partial charge in [0, 0.05) is 20.1 Å². The predicted molar refractivity (Wildman–Crippen MR) is 88.9 cm³/mol. The van der Waals surface area contributed by atoms with Crippen molar-refractivity contribution in [2.45, 2.75) is 25.7 Å². The van der Waals surface area contributed by atoms with E-state index >= 15 is 0 Å². The number of aromatic hydroxyl groups is 1. The lowest BCUT2D eigenvalue weighted by Crippen LogP contribution is -2.38. The largest absolute Gasteiger partial charge is 0.508 e. The first-order chi connectivity index (χ1) is 11.0. The minimum absolute atomic E-state index is 0.0373. The monoisotopic (exact) mass is 333 g/mol. The van der Waals surface area contributed by atoms with E-state index in [-0.39, 0.29) is 11.7 Å². The summed E-state index contributed by atoms with van der Waals surface area (Å²) in [4.78, 5) is 14.6. The van der Waals surface area contributed by atoms with Gasteiger partial charge >= 0.3 is 0 Å². The number of nitrogens with zero attached hydrogens (tertiary/aromatic N) is 3. The summed E-state index contributed by atoms with van der Waals surface area (Å²) in [5, 5.41) is 14.0. The van der Waals surface area contributed by atoms with Crippen LogP contribution in [-0.2, 0) is 7.05 Å². The Balaban J connectivity index is 1.69. The van der Waals surface area contributed by atoms with Crippen LogP contribution in [0, 0.1) is 6.92 Å². The first-order valence-electron chi connectivity index (χ1n) is 7.74. The van der Waals surface area contributed by atoms with Crippen molar-refractivity contribution in [2.75, 3.05) is 13.1 Å². The van der Waals surface area contributed by atoms with E-state index in [0.29, 0.717) is 35.4 Å². The SMILES string of the molecule is Cc1nn(C)c(Cl)c1C(=O)N1CCC(c2ccc(O)cc2)CC1. The minimum Gasteiger partial charge on any atom is -0.508 e. The van der Waals surface area contributed by atoms with E-state index in [1.807, 2.05) is 24.0 Å². The van der Waals surface area contributed by atoms with Gasteiger partial charge in [0.25, 0.3) is 5.91 Å². The van der Waals surface area contributed by atoms with Gasteiger partial charge in [-0.05, 0) is 43.4 Å². The van der Waals surface area contributed by atoms with E-state index in [0.717, 1.165) is 12.8 Å². The van der Waals surface area contributed by atoms with Gasteiger partial charge in [-0.3, -0.25) is 9.48 Å². The van der Waals surface area contributed by atoms with Crippen molar-refractivity contribution in [3.05, 3.63) is 46.2 Å². The van der Waals surface area contributed by atoms with Gasteiger partial charge in [0.05, 0.1) is 11.3 Å². The molecule has 1 aliphatic rings. The highest BCUT2D eigenvalue weighted by molar-refractivity contribution is 6.33. The Bertz CT molecular complexity index is 716. The number of phenolic OH excluding ortho intramolecular Hbond substituents is 1. The number of hydrogen-bond acceptors (Lipinski definition) is 3. The first kappa shape index (κ1) is 15.9. The third kappa shape index (κ3) is 3.06. The lowest BCUT2D eigenvalue weighted by atomic mass is 9.89. The average Bonchev–Trinajstić information content (AvgIpc) is 2.80. The van der Waals surface area contributed by atoms with Gasteiger partial charge in [-0.1, -0.05) is 23.7 Å². The maximum atomic E-state index is 12.7. The minimum atomic E-state index is -0.0373. The lowest BCUT2D eigenvalue weighted by Gasteiger charge is -2.32. The van der Waals surface area contributed by atoms with Crippen LogP contribution in [0.2, 0.25) is 5.15 Å². The number of piperidine rings is 1. The highest BCUT2D eigenvalue weighted by Crippen LogP contribution is 2.30. The number of benzene rings is 1. The molecule has 1 N–H and O–H groups in total. The molecule has 0 radical (unpaired) electrons. The molecular formula is C17H20ClN3O2. The fraction of sp³-hybridized carbons (Fsp3) is 0.412. The van der Waals surface area contributed by atoms with E-state index in [1.165, 1.54) is 10.2 Å². The Morgan fingerprint density at radius 1 is 1.26 bits per heavy atom. The van der Waals surface area contributed by atoms with E-state index < -0.39 is 0 Å². The van der Waals surface area contributed by atoms with Crippen molar-refractivity contribution < 1.29 is 9.90 Å². The molecule has 1 amide bonds. The second kappa shape index (κ2) is 6.24. The van der Waals surface area contributed by atoms with Crippen LogP contribution in [0.15, 0.2) is 24.3 Å². The summed E-state index contributed by atoms with van der Waals surface area (Å²) in [6.45, 7) is 3.21. The van der Waals surface area contributed by atoms with Crippen molar-refractivity contribution in [1.29, 1.82) is 0 Å². The summed E-state index contributed by atoms with van der Waals surface area (Å²) in [5.41, 5.74) is 2.39. The summed E-state index contributed by atoms with van der Waals surface area (Å²) in [6.07, 6.45) is 1.82. The summed E-state index contributed by atoms with van der Waals surface area (Å²) >= 11 is 6.20.